The Hall–Kier alpha value is -1.95. The molecule has 1 aliphatic rings. The average Bonchev–Trinajstić information content (AvgIpc) is 2.39. The van der Waals surface area contributed by atoms with Crippen LogP contribution in [0.15, 0.2) is 24.3 Å². The Bertz CT molecular complexity index is 473. The molecule has 1 saturated heterocycles. The molecule has 1 fully saturated rings. The highest BCUT2D eigenvalue weighted by atomic mass is 16.6. The molecule has 0 bridgehead atoms. The molecule has 6 nitrogen and oxygen atoms in total. The van der Waals surface area contributed by atoms with Gasteiger partial charge in [0.25, 0.3) is 5.69 Å². The molecule has 19 heavy (non-hydrogen) atoms. The number of hydrogen-bond acceptors (Lipinski definition) is 4. The summed E-state index contributed by atoms with van der Waals surface area (Å²) < 4.78 is 0. The van der Waals surface area contributed by atoms with Gasteiger partial charge in [-0.15, -0.1) is 0 Å². The number of non-ortho nitro benzene ring substituents is 1. The molecule has 0 aliphatic carbocycles. The number of carbonyl (C=O) groups is 1. The van der Waals surface area contributed by atoms with E-state index in [9.17, 15) is 14.9 Å². The van der Waals surface area contributed by atoms with E-state index in [2.05, 4.69) is 17.6 Å². The second-order valence-electron chi connectivity index (χ2n) is 4.87. The largest absolute Gasteiger partial charge is 0.326 e. The second-order valence-corrected chi connectivity index (χ2v) is 4.87. The number of nitro benzene ring substituents is 1. The molecule has 102 valence electrons. The minimum atomic E-state index is -0.458. The maximum absolute atomic E-state index is 12.1. The summed E-state index contributed by atoms with van der Waals surface area (Å²) in [6, 6.07) is 6.24. The van der Waals surface area contributed by atoms with Crippen LogP contribution in [0.3, 0.4) is 0 Å². The van der Waals surface area contributed by atoms with E-state index in [4.69, 9.17) is 0 Å². The van der Waals surface area contributed by atoms with Gasteiger partial charge in [0.2, 0.25) is 5.91 Å². The zero-order valence-electron chi connectivity index (χ0n) is 10.8. The predicted octanol–water partition coefficient (Wildman–Crippen LogP) is 1.92. The van der Waals surface area contributed by atoms with Gasteiger partial charge in [-0.2, -0.15) is 0 Å². The number of anilines is 1. The number of hydrogen-bond donors (Lipinski definition) is 2. The van der Waals surface area contributed by atoms with Gasteiger partial charge in [-0.05, 0) is 38.4 Å². The topological polar surface area (TPSA) is 84.3 Å². The molecule has 1 heterocycles. The summed E-state index contributed by atoms with van der Waals surface area (Å²) >= 11 is 0. The number of nitro groups is 1. The van der Waals surface area contributed by atoms with Crippen LogP contribution < -0.4 is 10.6 Å². The predicted molar refractivity (Wildman–Crippen MR) is 71.9 cm³/mol. The molecule has 2 N–H and O–H groups in total. The minimum absolute atomic E-state index is 0.00596. The van der Waals surface area contributed by atoms with Crippen LogP contribution in [-0.2, 0) is 4.79 Å². The number of amides is 1. The van der Waals surface area contributed by atoms with E-state index >= 15 is 0 Å². The summed E-state index contributed by atoms with van der Waals surface area (Å²) in [4.78, 5) is 22.1. The summed E-state index contributed by atoms with van der Waals surface area (Å²) in [5.41, 5.74) is 0.621. The molecule has 1 aromatic carbocycles. The SMILES string of the molecule is CC1CC(C(=O)Nc2ccc([N+](=O)[O-])cc2)CCN1. The molecule has 0 radical (unpaired) electrons. The smallest absolute Gasteiger partial charge is 0.269 e. The zero-order chi connectivity index (χ0) is 13.8. The van der Waals surface area contributed by atoms with Gasteiger partial charge in [0.15, 0.2) is 0 Å². The van der Waals surface area contributed by atoms with Crippen LogP contribution in [0.25, 0.3) is 0 Å². The number of nitrogens with zero attached hydrogens (tertiary/aromatic N) is 1. The molecule has 2 rings (SSSR count). The summed E-state index contributed by atoms with van der Waals surface area (Å²) in [5.74, 6) is -0.00588. The van der Waals surface area contributed by atoms with Gasteiger partial charge in [-0.3, -0.25) is 14.9 Å². The molecular weight excluding hydrogens is 246 g/mol. The van der Waals surface area contributed by atoms with Crippen molar-refractivity contribution in [2.45, 2.75) is 25.8 Å². The Labute approximate surface area is 111 Å². The third-order valence-electron chi connectivity index (χ3n) is 3.34. The van der Waals surface area contributed by atoms with Crippen molar-refractivity contribution in [1.29, 1.82) is 0 Å². The molecule has 0 spiro atoms. The number of piperidine rings is 1. The lowest BCUT2D eigenvalue weighted by molar-refractivity contribution is -0.384. The molecule has 6 heteroatoms. The first-order chi connectivity index (χ1) is 9.06. The Morgan fingerprint density at radius 2 is 2.11 bits per heavy atom. The van der Waals surface area contributed by atoms with E-state index in [-0.39, 0.29) is 17.5 Å². The summed E-state index contributed by atoms with van der Waals surface area (Å²) in [6.45, 7) is 2.91. The second kappa shape index (κ2) is 5.79. The summed E-state index contributed by atoms with van der Waals surface area (Å²) in [7, 11) is 0. The highest BCUT2D eigenvalue weighted by Gasteiger charge is 2.24. The van der Waals surface area contributed by atoms with Gasteiger partial charge in [0.1, 0.15) is 0 Å². The number of rotatable bonds is 3. The van der Waals surface area contributed by atoms with Gasteiger partial charge >= 0.3 is 0 Å². The van der Waals surface area contributed by atoms with Crippen LogP contribution in [0.5, 0.6) is 0 Å². The van der Waals surface area contributed by atoms with E-state index in [0.717, 1.165) is 19.4 Å². The normalized spacial score (nSPS) is 22.8. The lowest BCUT2D eigenvalue weighted by atomic mass is 9.92. The molecule has 1 aromatic rings. The summed E-state index contributed by atoms with van der Waals surface area (Å²) in [6.07, 6.45) is 1.64. The van der Waals surface area contributed by atoms with Crippen molar-refractivity contribution in [2.24, 2.45) is 5.92 Å². The van der Waals surface area contributed by atoms with Gasteiger partial charge in [-0.25, -0.2) is 0 Å². The van der Waals surface area contributed by atoms with Crippen molar-refractivity contribution in [3.8, 4) is 0 Å². The maximum atomic E-state index is 12.1. The van der Waals surface area contributed by atoms with Crippen LogP contribution in [0.4, 0.5) is 11.4 Å². The minimum Gasteiger partial charge on any atom is -0.326 e. The molecule has 0 saturated carbocycles. The zero-order valence-corrected chi connectivity index (χ0v) is 10.8. The van der Waals surface area contributed by atoms with Crippen LogP contribution in [-0.4, -0.2) is 23.4 Å². The van der Waals surface area contributed by atoms with Crippen LogP contribution in [0.1, 0.15) is 19.8 Å². The first-order valence-corrected chi connectivity index (χ1v) is 6.35. The Balaban J connectivity index is 1.96. The van der Waals surface area contributed by atoms with E-state index in [0.29, 0.717) is 11.7 Å². The van der Waals surface area contributed by atoms with Crippen LogP contribution in [0.2, 0.25) is 0 Å². The van der Waals surface area contributed by atoms with Crippen LogP contribution in [0, 0.1) is 16.0 Å². The Morgan fingerprint density at radius 3 is 2.68 bits per heavy atom. The van der Waals surface area contributed by atoms with Gasteiger partial charge in [0, 0.05) is 29.8 Å². The lowest BCUT2D eigenvalue weighted by Gasteiger charge is -2.27. The fraction of sp³-hybridized carbons (Fsp3) is 0.462. The van der Waals surface area contributed by atoms with Crippen molar-refractivity contribution in [2.75, 3.05) is 11.9 Å². The monoisotopic (exact) mass is 263 g/mol. The number of carbonyl (C=O) groups excluding carboxylic acids is 1. The quantitative estimate of drug-likeness (QED) is 0.644. The Morgan fingerprint density at radius 1 is 1.42 bits per heavy atom. The fourth-order valence-corrected chi connectivity index (χ4v) is 2.28. The first-order valence-electron chi connectivity index (χ1n) is 6.35. The van der Waals surface area contributed by atoms with Crippen molar-refractivity contribution in [3.05, 3.63) is 34.4 Å². The molecule has 0 aromatic heterocycles. The molecular formula is C13H17N3O3. The average molecular weight is 263 g/mol. The fourth-order valence-electron chi connectivity index (χ4n) is 2.28. The van der Waals surface area contributed by atoms with Gasteiger partial charge in [0.05, 0.1) is 4.92 Å². The number of benzene rings is 1. The van der Waals surface area contributed by atoms with Gasteiger partial charge < -0.3 is 10.6 Å². The van der Waals surface area contributed by atoms with Crippen molar-refractivity contribution >= 4 is 17.3 Å². The molecule has 2 atom stereocenters. The molecule has 2 unspecified atom stereocenters. The molecule has 1 aliphatic heterocycles. The summed E-state index contributed by atoms with van der Waals surface area (Å²) in [5, 5.41) is 16.6. The first kappa shape index (κ1) is 13.5. The maximum Gasteiger partial charge on any atom is 0.269 e. The van der Waals surface area contributed by atoms with Crippen LogP contribution >= 0.6 is 0 Å². The Kier molecular flexibility index (Phi) is 4.11. The standard InChI is InChI=1S/C13H17N3O3/c1-9-8-10(6-7-14-9)13(17)15-11-2-4-12(5-3-11)16(18)19/h2-5,9-10,14H,6-8H2,1H3,(H,15,17). The van der Waals surface area contributed by atoms with Crippen molar-refractivity contribution in [3.63, 3.8) is 0 Å². The lowest BCUT2D eigenvalue weighted by Crippen LogP contribution is -2.40. The van der Waals surface area contributed by atoms with Crippen molar-refractivity contribution in [1.82, 2.24) is 5.32 Å². The van der Waals surface area contributed by atoms with E-state index in [1.54, 1.807) is 12.1 Å². The molecule has 1 amide bonds. The van der Waals surface area contributed by atoms with Crippen molar-refractivity contribution < 1.29 is 9.72 Å². The number of nitrogens with one attached hydrogen (secondary N) is 2. The van der Waals surface area contributed by atoms with E-state index < -0.39 is 4.92 Å². The van der Waals surface area contributed by atoms with E-state index in [1.165, 1.54) is 12.1 Å². The van der Waals surface area contributed by atoms with Gasteiger partial charge in [-0.1, -0.05) is 0 Å². The third kappa shape index (κ3) is 3.51. The third-order valence-corrected chi connectivity index (χ3v) is 3.34. The highest BCUT2D eigenvalue weighted by Crippen LogP contribution is 2.20. The van der Waals surface area contributed by atoms with E-state index in [1.807, 2.05) is 0 Å². The highest BCUT2D eigenvalue weighted by molar-refractivity contribution is 5.92.